The lowest BCUT2D eigenvalue weighted by Gasteiger charge is -2.28. The number of aryl methyl sites for hydroxylation is 2. The maximum atomic E-state index is 6.17. The molecular weight excluding hydrogens is 408 g/mol. The monoisotopic (exact) mass is 438 g/mol. The molecule has 4 nitrogen and oxygen atoms in total. The number of ether oxygens (including phenoxy) is 2. The van der Waals surface area contributed by atoms with Crippen LogP contribution in [0.2, 0.25) is 0 Å². The zero-order valence-corrected chi connectivity index (χ0v) is 19.6. The number of rotatable bonds is 6. The van der Waals surface area contributed by atoms with Crippen molar-refractivity contribution < 1.29 is 9.47 Å². The largest absolute Gasteiger partial charge is 0.457 e. The first-order chi connectivity index (χ1) is 15.7. The fourth-order valence-electron chi connectivity index (χ4n) is 3.99. The summed E-state index contributed by atoms with van der Waals surface area (Å²) in [4.78, 5) is 0. The van der Waals surface area contributed by atoms with Crippen LogP contribution in [-0.2, 0) is 5.41 Å². The van der Waals surface area contributed by atoms with E-state index in [1.54, 1.807) is 0 Å². The predicted octanol–water partition coefficient (Wildman–Crippen LogP) is 7.38. The zero-order valence-electron chi connectivity index (χ0n) is 19.6. The van der Waals surface area contributed by atoms with Crippen molar-refractivity contribution in [2.75, 3.05) is 11.5 Å². The summed E-state index contributed by atoms with van der Waals surface area (Å²) in [6, 6.07) is 27.6. The fourth-order valence-corrected chi connectivity index (χ4v) is 3.99. The minimum Gasteiger partial charge on any atom is -0.457 e. The Labute approximate surface area is 195 Å². The maximum Gasteiger partial charge on any atom is 0.133 e. The van der Waals surface area contributed by atoms with E-state index in [4.69, 9.17) is 20.9 Å². The van der Waals surface area contributed by atoms with Gasteiger partial charge in [-0.25, -0.2) is 0 Å². The molecule has 0 saturated carbocycles. The number of nitrogen functional groups attached to an aromatic ring is 2. The van der Waals surface area contributed by atoms with Gasteiger partial charge in [0.15, 0.2) is 0 Å². The van der Waals surface area contributed by atoms with Crippen molar-refractivity contribution in [3.8, 4) is 23.0 Å². The van der Waals surface area contributed by atoms with E-state index in [0.717, 1.165) is 34.1 Å². The fraction of sp³-hybridized carbons (Fsp3) is 0.172. The molecule has 0 aliphatic heterocycles. The third kappa shape index (κ3) is 4.96. The lowest BCUT2D eigenvalue weighted by Crippen LogP contribution is -2.19. The highest BCUT2D eigenvalue weighted by atomic mass is 16.5. The molecule has 0 saturated heterocycles. The van der Waals surface area contributed by atoms with E-state index >= 15 is 0 Å². The molecule has 33 heavy (non-hydrogen) atoms. The van der Waals surface area contributed by atoms with E-state index in [2.05, 4.69) is 52.0 Å². The van der Waals surface area contributed by atoms with E-state index in [0.29, 0.717) is 11.4 Å². The summed E-state index contributed by atoms with van der Waals surface area (Å²) in [5, 5.41) is 0. The lowest BCUT2D eigenvalue weighted by atomic mass is 9.77. The summed E-state index contributed by atoms with van der Waals surface area (Å²) in [6.45, 7) is 8.62. The second-order valence-corrected chi connectivity index (χ2v) is 8.94. The number of hydrogen-bond acceptors (Lipinski definition) is 4. The molecule has 4 heteroatoms. The van der Waals surface area contributed by atoms with Crippen LogP contribution < -0.4 is 20.9 Å². The normalized spacial score (nSPS) is 11.3. The molecule has 0 heterocycles. The number of hydrogen-bond donors (Lipinski definition) is 2. The Morgan fingerprint density at radius 3 is 1.61 bits per heavy atom. The molecule has 0 fully saturated rings. The van der Waals surface area contributed by atoms with E-state index < -0.39 is 0 Å². The van der Waals surface area contributed by atoms with Gasteiger partial charge in [0, 0.05) is 28.9 Å². The van der Waals surface area contributed by atoms with E-state index in [-0.39, 0.29) is 5.41 Å². The van der Waals surface area contributed by atoms with Gasteiger partial charge in [-0.05, 0) is 72.5 Å². The molecule has 4 rings (SSSR count). The highest BCUT2D eigenvalue weighted by molar-refractivity contribution is 5.52. The van der Waals surface area contributed by atoms with Crippen LogP contribution in [0.4, 0.5) is 11.4 Å². The van der Waals surface area contributed by atoms with Gasteiger partial charge in [-0.15, -0.1) is 0 Å². The topological polar surface area (TPSA) is 70.5 Å². The van der Waals surface area contributed by atoms with Gasteiger partial charge in [-0.2, -0.15) is 0 Å². The SMILES string of the molecule is Cc1cc(C(C)(C)c2ccc(Oc3cccc(N)c3)cc2)cc(C)c1Oc1cccc(N)c1. The Kier molecular flexibility index (Phi) is 6.01. The van der Waals surface area contributed by atoms with Crippen molar-refractivity contribution in [2.24, 2.45) is 0 Å². The highest BCUT2D eigenvalue weighted by Gasteiger charge is 2.25. The smallest absolute Gasteiger partial charge is 0.133 e. The minimum atomic E-state index is -0.194. The summed E-state index contributed by atoms with van der Waals surface area (Å²) in [5.41, 5.74) is 17.5. The van der Waals surface area contributed by atoms with Gasteiger partial charge in [-0.3, -0.25) is 0 Å². The summed E-state index contributed by atoms with van der Waals surface area (Å²) >= 11 is 0. The molecule has 0 aromatic heterocycles. The van der Waals surface area contributed by atoms with Gasteiger partial charge in [0.25, 0.3) is 0 Å². The molecule has 4 aromatic rings. The Hall–Kier alpha value is -3.92. The molecule has 168 valence electrons. The molecule has 0 spiro atoms. The molecule has 0 atom stereocenters. The average molecular weight is 439 g/mol. The van der Waals surface area contributed by atoms with Crippen LogP contribution in [0, 0.1) is 13.8 Å². The van der Waals surface area contributed by atoms with Crippen LogP contribution in [0.5, 0.6) is 23.0 Å². The summed E-state index contributed by atoms with van der Waals surface area (Å²) in [7, 11) is 0. The Bertz CT molecular complexity index is 1250. The van der Waals surface area contributed by atoms with Crippen molar-refractivity contribution in [3.63, 3.8) is 0 Å². The molecule has 0 unspecified atom stereocenters. The van der Waals surface area contributed by atoms with E-state index in [1.807, 2.05) is 60.7 Å². The van der Waals surface area contributed by atoms with Crippen molar-refractivity contribution in [1.29, 1.82) is 0 Å². The van der Waals surface area contributed by atoms with Crippen LogP contribution in [0.15, 0.2) is 84.9 Å². The molecule has 0 amide bonds. The lowest BCUT2D eigenvalue weighted by molar-refractivity contribution is 0.474. The van der Waals surface area contributed by atoms with E-state index in [9.17, 15) is 0 Å². The molecule has 0 aliphatic carbocycles. The van der Waals surface area contributed by atoms with Crippen LogP contribution in [0.1, 0.15) is 36.1 Å². The number of nitrogens with two attached hydrogens (primary N) is 2. The van der Waals surface area contributed by atoms with Gasteiger partial charge in [0.1, 0.15) is 23.0 Å². The molecule has 0 bridgehead atoms. The van der Waals surface area contributed by atoms with Crippen LogP contribution in [0.25, 0.3) is 0 Å². The summed E-state index contributed by atoms with van der Waals surface area (Å²) in [6.07, 6.45) is 0. The predicted molar refractivity (Wildman–Crippen MR) is 136 cm³/mol. The summed E-state index contributed by atoms with van der Waals surface area (Å²) < 4.78 is 12.1. The molecular formula is C29H30N2O2. The van der Waals surface area contributed by atoms with Crippen molar-refractivity contribution in [2.45, 2.75) is 33.1 Å². The Morgan fingerprint density at radius 1 is 0.576 bits per heavy atom. The van der Waals surface area contributed by atoms with Crippen molar-refractivity contribution in [3.05, 3.63) is 107 Å². The van der Waals surface area contributed by atoms with Gasteiger partial charge < -0.3 is 20.9 Å². The third-order valence-corrected chi connectivity index (χ3v) is 5.93. The minimum absolute atomic E-state index is 0.194. The second-order valence-electron chi connectivity index (χ2n) is 8.94. The van der Waals surface area contributed by atoms with Gasteiger partial charge in [0.2, 0.25) is 0 Å². The van der Waals surface area contributed by atoms with Crippen molar-refractivity contribution in [1.82, 2.24) is 0 Å². The quantitative estimate of drug-likeness (QED) is 0.308. The Morgan fingerprint density at radius 2 is 1.09 bits per heavy atom. The van der Waals surface area contributed by atoms with Crippen LogP contribution in [-0.4, -0.2) is 0 Å². The number of benzene rings is 4. The zero-order chi connectivity index (χ0) is 23.6. The molecule has 4 aromatic carbocycles. The van der Waals surface area contributed by atoms with Crippen LogP contribution in [0.3, 0.4) is 0 Å². The second kappa shape index (κ2) is 8.91. The summed E-state index contributed by atoms with van der Waals surface area (Å²) in [5.74, 6) is 3.11. The average Bonchev–Trinajstić information content (AvgIpc) is 2.76. The first-order valence-corrected chi connectivity index (χ1v) is 11.0. The van der Waals surface area contributed by atoms with Gasteiger partial charge >= 0.3 is 0 Å². The first-order valence-electron chi connectivity index (χ1n) is 11.0. The van der Waals surface area contributed by atoms with Crippen molar-refractivity contribution >= 4 is 11.4 Å². The first kappa shape index (κ1) is 22.3. The van der Waals surface area contributed by atoms with Crippen LogP contribution >= 0.6 is 0 Å². The maximum absolute atomic E-state index is 6.17. The number of anilines is 2. The van der Waals surface area contributed by atoms with Gasteiger partial charge in [0.05, 0.1) is 0 Å². The highest BCUT2D eigenvalue weighted by Crippen LogP contribution is 2.38. The molecule has 0 radical (unpaired) electrons. The molecule has 4 N–H and O–H groups in total. The molecule has 0 aliphatic rings. The third-order valence-electron chi connectivity index (χ3n) is 5.93. The Balaban J connectivity index is 1.57. The van der Waals surface area contributed by atoms with Gasteiger partial charge in [-0.1, -0.05) is 50.2 Å². The standard InChI is InChI=1S/C29H30N2O2/c1-19-15-22(16-20(2)28(19)33-27-10-6-8-24(31)18-27)29(3,4)21-11-13-25(14-12-21)32-26-9-5-7-23(30)17-26/h5-18H,30-31H2,1-4H3. The van der Waals surface area contributed by atoms with E-state index in [1.165, 1.54) is 11.1 Å².